The Morgan fingerprint density at radius 1 is 1.00 bits per heavy atom. The van der Waals surface area contributed by atoms with Crippen molar-refractivity contribution in [2.45, 2.75) is 51.0 Å². The molecular weight excluding hydrogens is 266 g/mol. The van der Waals surface area contributed by atoms with Gasteiger partial charge in [0.2, 0.25) is 11.8 Å². The van der Waals surface area contributed by atoms with Crippen LogP contribution in [0.15, 0.2) is 0 Å². The Kier molecular flexibility index (Phi) is 6.03. The third-order valence-corrected chi connectivity index (χ3v) is 4.72. The Morgan fingerprint density at radius 3 is 2.29 bits per heavy atom. The monoisotopic (exact) mass is 295 g/mol. The molecule has 21 heavy (non-hydrogen) atoms. The highest BCUT2D eigenvalue weighted by Crippen LogP contribution is 2.27. The number of carbonyl (C=O) groups excluding carboxylic acids is 2. The van der Waals surface area contributed by atoms with Crippen molar-refractivity contribution >= 4 is 11.8 Å². The molecule has 2 amide bonds. The van der Waals surface area contributed by atoms with Gasteiger partial charge >= 0.3 is 0 Å². The zero-order valence-corrected chi connectivity index (χ0v) is 13.4. The third-order valence-electron chi connectivity index (χ3n) is 4.72. The van der Waals surface area contributed by atoms with E-state index in [4.69, 9.17) is 0 Å². The number of likely N-dealkylation sites (N-methyl/N-ethyl adjacent to an activating group) is 2. The average Bonchev–Trinajstić information content (AvgIpc) is 3.31. The molecule has 0 saturated heterocycles. The topological polar surface area (TPSA) is 52.7 Å². The standard InChI is InChI=1S/C16H29N3O2/c1-18(15(20)11-17-10-13-8-9-13)12-16(21)19(2)14-6-4-3-5-7-14/h13-14,17H,3-12H2,1-2H3. The lowest BCUT2D eigenvalue weighted by Crippen LogP contribution is -2.46. The van der Waals surface area contributed by atoms with Crippen LogP contribution in [0.3, 0.4) is 0 Å². The van der Waals surface area contributed by atoms with Crippen LogP contribution < -0.4 is 5.32 Å². The van der Waals surface area contributed by atoms with Crippen molar-refractivity contribution in [1.29, 1.82) is 0 Å². The van der Waals surface area contributed by atoms with E-state index in [-0.39, 0.29) is 18.4 Å². The van der Waals surface area contributed by atoms with Crippen LogP contribution in [0, 0.1) is 5.92 Å². The zero-order valence-electron chi connectivity index (χ0n) is 13.4. The van der Waals surface area contributed by atoms with E-state index in [0.29, 0.717) is 12.6 Å². The maximum absolute atomic E-state index is 12.3. The molecule has 5 nitrogen and oxygen atoms in total. The van der Waals surface area contributed by atoms with Crippen molar-refractivity contribution in [3.05, 3.63) is 0 Å². The summed E-state index contributed by atoms with van der Waals surface area (Å²) in [5, 5.41) is 3.18. The highest BCUT2D eigenvalue weighted by molar-refractivity contribution is 5.85. The predicted octanol–water partition coefficient (Wildman–Crippen LogP) is 1.24. The molecule has 2 fully saturated rings. The van der Waals surface area contributed by atoms with Gasteiger partial charge in [0.1, 0.15) is 0 Å². The molecule has 0 spiro atoms. The maximum Gasteiger partial charge on any atom is 0.242 e. The number of rotatable bonds is 7. The summed E-state index contributed by atoms with van der Waals surface area (Å²) in [6.45, 7) is 1.46. The van der Waals surface area contributed by atoms with E-state index < -0.39 is 0 Å². The second-order valence-electron chi connectivity index (χ2n) is 6.62. The first kappa shape index (κ1) is 16.3. The predicted molar refractivity (Wildman–Crippen MR) is 82.9 cm³/mol. The van der Waals surface area contributed by atoms with Gasteiger partial charge in [0.05, 0.1) is 13.1 Å². The van der Waals surface area contributed by atoms with Gasteiger partial charge in [-0.3, -0.25) is 9.59 Å². The Hall–Kier alpha value is -1.10. The van der Waals surface area contributed by atoms with Gasteiger partial charge in [0.25, 0.3) is 0 Å². The van der Waals surface area contributed by atoms with Gasteiger partial charge in [0.15, 0.2) is 0 Å². The molecule has 0 aliphatic heterocycles. The summed E-state index contributed by atoms with van der Waals surface area (Å²) in [4.78, 5) is 27.6. The van der Waals surface area contributed by atoms with Crippen LogP contribution in [0.2, 0.25) is 0 Å². The van der Waals surface area contributed by atoms with E-state index in [9.17, 15) is 9.59 Å². The van der Waals surface area contributed by atoms with Crippen LogP contribution in [-0.4, -0.2) is 61.4 Å². The summed E-state index contributed by atoms with van der Waals surface area (Å²) in [7, 11) is 3.59. The molecule has 2 saturated carbocycles. The van der Waals surface area contributed by atoms with Crippen molar-refractivity contribution < 1.29 is 9.59 Å². The van der Waals surface area contributed by atoms with Crippen molar-refractivity contribution in [2.24, 2.45) is 5.92 Å². The van der Waals surface area contributed by atoms with Crippen LogP contribution >= 0.6 is 0 Å². The van der Waals surface area contributed by atoms with Crippen molar-refractivity contribution in [2.75, 3.05) is 33.7 Å². The molecular formula is C16H29N3O2. The minimum atomic E-state index is 0.000967. The van der Waals surface area contributed by atoms with Crippen molar-refractivity contribution in [3.8, 4) is 0 Å². The summed E-state index contributed by atoms with van der Waals surface area (Å²) in [6, 6.07) is 0.364. The van der Waals surface area contributed by atoms with E-state index in [1.165, 1.54) is 32.1 Å². The number of nitrogens with one attached hydrogen (secondary N) is 1. The zero-order chi connectivity index (χ0) is 15.2. The Balaban J connectivity index is 1.67. The molecule has 0 aromatic carbocycles. The summed E-state index contributed by atoms with van der Waals surface area (Å²) in [5.41, 5.74) is 0. The Labute approximate surface area is 128 Å². The number of hydrogen-bond donors (Lipinski definition) is 1. The van der Waals surface area contributed by atoms with Crippen LogP contribution in [0.4, 0.5) is 0 Å². The second-order valence-corrected chi connectivity index (χ2v) is 6.62. The fraction of sp³-hybridized carbons (Fsp3) is 0.875. The number of nitrogens with zero attached hydrogens (tertiary/aromatic N) is 2. The van der Waals surface area contributed by atoms with Gasteiger partial charge in [-0.25, -0.2) is 0 Å². The first-order valence-corrected chi connectivity index (χ1v) is 8.28. The van der Waals surface area contributed by atoms with Gasteiger partial charge in [-0.15, -0.1) is 0 Å². The minimum absolute atomic E-state index is 0.000967. The highest BCUT2D eigenvalue weighted by atomic mass is 16.2. The van der Waals surface area contributed by atoms with Crippen LogP contribution in [-0.2, 0) is 9.59 Å². The number of hydrogen-bond acceptors (Lipinski definition) is 3. The molecule has 5 heteroatoms. The molecule has 0 unspecified atom stereocenters. The van der Waals surface area contributed by atoms with Gasteiger partial charge < -0.3 is 15.1 Å². The van der Waals surface area contributed by atoms with Crippen molar-refractivity contribution in [1.82, 2.24) is 15.1 Å². The molecule has 2 rings (SSSR count). The third kappa shape index (κ3) is 5.30. The molecule has 0 bridgehead atoms. The van der Waals surface area contributed by atoms with Crippen LogP contribution in [0.1, 0.15) is 44.9 Å². The van der Waals surface area contributed by atoms with Crippen LogP contribution in [0.25, 0.3) is 0 Å². The Morgan fingerprint density at radius 2 is 1.67 bits per heavy atom. The molecule has 0 radical (unpaired) electrons. The average molecular weight is 295 g/mol. The lowest BCUT2D eigenvalue weighted by atomic mass is 9.94. The van der Waals surface area contributed by atoms with E-state index in [1.807, 2.05) is 11.9 Å². The largest absolute Gasteiger partial charge is 0.341 e. The summed E-state index contributed by atoms with van der Waals surface area (Å²) >= 11 is 0. The molecule has 0 atom stereocenters. The van der Waals surface area contributed by atoms with Gasteiger partial charge in [0, 0.05) is 20.1 Å². The fourth-order valence-electron chi connectivity index (χ4n) is 2.91. The second kappa shape index (κ2) is 7.78. The maximum atomic E-state index is 12.3. The van der Waals surface area contributed by atoms with Crippen molar-refractivity contribution in [3.63, 3.8) is 0 Å². The lowest BCUT2D eigenvalue weighted by molar-refractivity contribution is -0.139. The van der Waals surface area contributed by atoms with Gasteiger partial charge in [-0.2, -0.15) is 0 Å². The first-order chi connectivity index (χ1) is 10.1. The molecule has 0 aromatic heterocycles. The number of carbonyl (C=O) groups is 2. The molecule has 0 heterocycles. The smallest absolute Gasteiger partial charge is 0.242 e. The normalized spacial score (nSPS) is 19.3. The highest BCUT2D eigenvalue weighted by Gasteiger charge is 2.24. The van der Waals surface area contributed by atoms with Gasteiger partial charge in [-0.05, 0) is 38.1 Å². The summed E-state index contributed by atoms with van der Waals surface area (Å²) in [6.07, 6.45) is 8.46. The van der Waals surface area contributed by atoms with Crippen LogP contribution in [0.5, 0.6) is 0 Å². The molecule has 2 aliphatic rings. The van der Waals surface area contributed by atoms with E-state index in [1.54, 1.807) is 11.9 Å². The Bertz CT molecular complexity index is 363. The SMILES string of the molecule is CN(CC(=O)N(C)C1CCCCC1)C(=O)CNCC1CC1. The van der Waals surface area contributed by atoms with E-state index in [2.05, 4.69) is 5.32 Å². The van der Waals surface area contributed by atoms with E-state index >= 15 is 0 Å². The summed E-state index contributed by atoms with van der Waals surface area (Å²) in [5.74, 6) is 0.822. The quantitative estimate of drug-likeness (QED) is 0.769. The molecule has 2 aliphatic carbocycles. The molecule has 0 aromatic rings. The molecule has 120 valence electrons. The molecule has 1 N–H and O–H groups in total. The minimum Gasteiger partial charge on any atom is -0.341 e. The lowest BCUT2D eigenvalue weighted by Gasteiger charge is -2.32. The van der Waals surface area contributed by atoms with E-state index in [0.717, 1.165) is 25.3 Å². The summed E-state index contributed by atoms with van der Waals surface area (Å²) < 4.78 is 0. The fourth-order valence-corrected chi connectivity index (χ4v) is 2.91. The van der Waals surface area contributed by atoms with Gasteiger partial charge in [-0.1, -0.05) is 19.3 Å². The number of amides is 2. The first-order valence-electron chi connectivity index (χ1n) is 8.28.